The van der Waals surface area contributed by atoms with E-state index in [2.05, 4.69) is 27.7 Å². The number of carbonyl (C=O) groups excluding carboxylic acids is 1. The van der Waals surface area contributed by atoms with E-state index in [1.165, 1.54) is 0 Å². The summed E-state index contributed by atoms with van der Waals surface area (Å²) in [5.41, 5.74) is -1.81. The number of carboxylic acids is 3. The fourth-order valence-corrected chi connectivity index (χ4v) is 13.4. The van der Waals surface area contributed by atoms with Gasteiger partial charge in [-0.05, 0) is 110 Å². The summed E-state index contributed by atoms with van der Waals surface area (Å²) in [6.07, 6.45) is -12.2. The van der Waals surface area contributed by atoms with Crippen molar-refractivity contribution in [2.75, 3.05) is 0 Å². The standard InChI is InChI=1S/C42H62O16.3H3N/c1-37(2)21-8-11-42(7)31(20(43)16-18-19-17-39(4,36(53)54)13-12-38(19,3)14-15-41(18,42)6)40(21,5)10-9-22(37)55-35-30(26(47)25(46)29(57-35)33(51)52)58-34-27(48)23(44)24(45)28(56-34)32(49)50;;;/h16,19,21-31,34-35,44-48H,8-15,17H2,1-7H3,(H,49,50)(H,51,52)(H,53,54);3*1H3/p+3/t19-,21-,22-,23-,24-,25-,26-,27+,28-,29-,30+,31+,34-,35-,38+,39-,40-,41+,42+;;;/m0.../s1. The molecule has 0 radical (unpaired) electrons. The van der Waals surface area contributed by atoms with Gasteiger partial charge in [0.15, 0.2) is 30.6 Å². The van der Waals surface area contributed by atoms with Gasteiger partial charge in [0.25, 0.3) is 0 Å². The first-order valence-corrected chi connectivity index (χ1v) is 20.7. The number of aliphatic carboxylic acids is 3. The average molecular weight is 877 g/mol. The van der Waals surface area contributed by atoms with Crippen LogP contribution in [0, 0.1) is 50.2 Å². The summed E-state index contributed by atoms with van der Waals surface area (Å²) in [5, 5.41) is 83.0. The lowest BCUT2D eigenvalue weighted by atomic mass is 9.33. The van der Waals surface area contributed by atoms with E-state index >= 15 is 0 Å². The van der Waals surface area contributed by atoms with Crippen molar-refractivity contribution in [3.05, 3.63) is 11.6 Å². The second kappa shape index (κ2) is 16.7. The molecule has 0 aromatic carbocycles. The monoisotopic (exact) mass is 877 g/mol. The van der Waals surface area contributed by atoms with Gasteiger partial charge in [-0.1, -0.05) is 47.1 Å². The van der Waals surface area contributed by atoms with Gasteiger partial charge in [-0.15, -0.1) is 0 Å². The Labute approximate surface area is 356 Å². The van der Waals surface area contributed by atoms with E-state index in [-0.39, 0.29) is 52.8 Å². The Morgan fingerprint density at radius 2 is 1.23 bits per heavy atom. The third-order valence-electron chi connectivity index (χ3n) is 17.2. The van der Waals surface area contributed by atoms with Crippen LogP contribution in [0.15, 0.2) is 11.6 Å². The van der Waals surface area contributed by atoms with E-state index in [1.807, 2.05) is 26.8 Å². The van der Waals surface area contributed by atoms with Gasteiger partial charge in [-0.3, -0.25) is 9.59 Å². The smallest absolute Gasteiger partial charge is 0.335 e. The van der Waals surface area contributed by atoms with Gasteiger partial charge in [0.1, 0.15) is 36.6 Å². The highest BCUT2D eigenvalue weighted by Gasteiger charge is 2.71. The molecule has 0 aromatic heterocycles. The molecule has 19 heteroatoms. The number of aliphatic hydroxyl groups excluding tert-OH is 5. The van der Waals surface area contributed by atoms with Crippen molar-refractivity contribution in [2.45, 2.75) is 174 Å². The number of carbonyl (C=O) groups is 4. The van der Waals surface area contributed by atoms with Gasteiger partial charge >= 0.3 is 17.9 Å². The van der Waals surface area contributed by atoms with Gasteiger partial charge in [0.05, 0.1) is 11.5 Å². The lowest BCUT2D eigenvalue weighted by Crippen LogP contribution is -2.68. The molecular formula is C42H74N3O16+3. The molecule has 0 amide bonds. The van der Waals surface area contributed by atoms with Crippen LogP contribution in [0.5, 0.6) is 0 Å². The second-order valence-electron chi connectivity index (χ2n) is 20.6. The van der Waals surface area contributed by atoms with E-state index in [9.17, 15) is 60.0 Å². The van der Waals surface area contributed by atoms with Gasteiger partial charge in [0, 0.05) is 5.92 Å². The summed E-state index contributed by atoms with van der Waals surface area (Å²) in [5.74, 6) is -4.47. The van der Waals surface area contributed by atoms with Gasteiger partial charge in [-0.25, -0.2) is 9.59 Å². The molecule has 350 valence electrons. The fourth-order valence-electron chi connectivity index (χ4n) is 13.4. The molecular weight excluding hydrogens is 802 g/mol. The van der Waals surface area contributed by atoms with Crippen LogP contribution in [0.2, 0.25) is 0 Å². The maximum atomic E-state index is 14.8. The topological polar surface area (TPSA) is 377 Å². The second-order valence-corrected chi connectivity index (χ2v) is 20.6. The van der Waals surface area contributed by atoms with E-state index in [0.29, 0.717) is 25.7 Å². The number of ketones is 1. The number of quaternary nitrogens is 3. The summed E-state index contributed by atoms with van der Waals surface area (Å²) < 4.78 is 23.4. The number of aliphatic hydroxyl groups is 5. The van der Waals surface area contributed by atoms with E-state index < -0.39 is 107 Å². The molecule has 2 saturated heterocycles. The van der Waals surface area contributed by atoms with Crippen molar-refractivity contribution in [2.24, 2.45) is 50.2 Å². The van der Waals surface area contributed by atoms with Gasteiger partial charge in [-0.2, -0.15) is 0 Å². The summed E-state index contributed by atoms with van der Waals surface area (Å²) >= 11 is 0. The minimum atomic E-state index is -2.05. The molecule has 19 nitrogen and oxygen atoms in total. The van der Waals surface area contributed by atoms with Crippen LogP contribution in [0.1, 0.15) is 106 Å². The number of ether oxygens (including phenoxy) is 4. The van der Waals surface area contributed by atoms with Crippen LogP contribution in [-0.4, -0.2) is 132 Å². The van der Waals surface area contributed by atoms with Crippen molar-refractivity contribution in [1.29, 1.82) is 0 Å². The summed E-state index contributed by atoms with van der Waals surface area (Å²) in [6.45, 7) is 14.8. The molecule has 61 heavy (non-hydrogen) atoms. The third kappa shape index (κ3) is 7.47. The minimum absolute atomic E-state index is 0. The highest BCUT2D eigenvalue weighted by Crippen LogP contribution is 2.75. The highest BCUT2D eigenvalue weighted by atomic mass is 16.8. The summed E-state index contributed by atoms with van der Waals surface area (Å²) in [4.78, 5) is 51.3. The molecule has 6 fully saturated rings. The van der Waals surface area contributed by atoms with E-state index in [0.717, 1.165) is 37.7 Å². The Bertz CT molecular complexity index is 1750. The van der Waals surface area contributed by atoms with Crippen molar-refractivity contribution in [3.63, 3.8) is 0 Å². The number of allylic oxidation sites excluding steroid dienone is 2. The van der Waals surface area contributed by atoms with Crippen LogP contribution in [-0.2, 0) is 38.1 Å². The van der Waals surface area contributed by atoms with Crippen LogP contribution in [0.3, 0.4) is 0 Å². The largest absolute Gasteiger partial charge is 0.481 e. The molecule has 2 aliphatic heterocycles. The predicted octanol–water partition coefficient (Wildman–Crippen LogP) is 3.37. The zero-order valence-electron chi connectivity index (χ0n) is 37.4. The maximum absolute atomic E-state index is 14.8. The SMILES string of the molecule is CC1(C)[C@@H](O[C@H]2O[C@H](C(=O)O)[C@@H](O)[C@H](O)[C@H]2O[C@@H]2O[C@H](C(=O)O)[C@@H](O)[C@H](O)[C@H]2O)CC[C@]2(C)[C@H]3C(=O)C=C4[C@@H]5C[C@@](C)(C(=O)O)CC[C@]5(C)CC[C@@]4(C)[C@]3(C)CC[C@@H]12.[NH4+].[NH4+].[NH4+]. The van der Waals surface area contributed by atoms with Gasteiger partial charge < -0.3 is 78.3 Å². The van der Waals surface area contributed by atoms with Crippen LogP contribution >= 0.6 is 0 Å². The maximum Gasteiger partial charge on any atom is 0.335 e. The Morgan fingerprint density at radius 1 is 0.672 bits per heavy atom. The number of rotatable bonds is 7. The predicted molar refractivity (Wildman–Crippen MR) is 217 cm³/mol. The molecule has 4 saturated carbocycles. The quantitative estimate of drug-likeness (QED) is 0.163. The molecule has 5 aliphatic carbocycles. The van der Waals surface area contributed by atoms with Gasteiger partial charge in [0.2, 0.25) is 0 Å². The first-order chi connectivity index (χ1) is 26.8. The Hall–Kier alpha value is -2.66. The molecule has 0 bridgehead atoms. The molecule has 7 aliphatic rings. The zero-order valence-corrected chi connectivity index (χ0v) is 37.4. The molecule has 0 aromatic rings. The van der Waals surface area contributed by atoms with E-state index in [1.54, 1.807) is 0 Å². The molecule has 0 spiro atoms. The lowest BCUT2D eigenvalue weighted by molar-refractivity contribution is -0.371. The third-order valence-corrected chi connectivity index (χ3v) is 17.2. The fraction of sp³-hybridized carbons (Fsp3) is 0.857. The number of hydrogen-bond donors (Lipinski definition) is 11. The van der Waals surface area contributed by atoms with Crippen molar-refractivity contribution >= 4 is 23.7 Å². The van der Waals surface area contributed by atoms with Crippen LogP contribution < -0.4 is 18.5 Å². The van der Waals surface area contributed by atoms with Crippen LogP contribution in [0.25, 0.3) is 0 Å². The molecule has 19 atom stereocenters. The molecule has 20 N–H and O–H groups in total. The zero-order chi connectivity index (χ0) is 42.9. The summed E-state index contributed by atoms with van der Waals surface area (Å²) in [7, 11) is 0. The number of hydrogen-bond acceptors (Lipinski definition) is 13. The number of fused-ring (bicyclic) bond motifs is 7. The molecule has 7 rings (SSSR count). The minimum Gasteiger partial charge on any atom is -0.481 e. The van der Waals surface area contributed by atoms with Crippen molar-refractivity contribution in [3.8, 4) is 0 Å². The average Bonchev–Trinajstić information content (AvgIpc) is 3.13. The highest BCUT2D eigenvalue weighted by molar-refractivity contribution is 5.95. The van der Waals surface area contributed by atoms with E-state index in [4.69, 9.17) is 18.9 Å². The lowest BCUT2D eigenvalue weighted by Gasteiger charge is -2.70. The normalized spacial score (nSPS) is 50.0. The summed E-state index contributed by atoms with van der Waals surface area (Å²) in [6, 6.07) is 0. The van der Waals surface area contributed by atoms with Crippen LogP contribution in [0.4, 0.5) is 0 Å². The van der Waals surface area contributed by atoms with Crippen molar-refractivity contribution in [1.82, 2.24) is 18.5 Å². The molecule has 2 heterocycles. The molecule has 0 unspecified atom stereocenters. The first kappa shape index (κ1) is 51.0. The Morgan fingerprint density at radius 3 is 1.80 bits per heavy atom. The Balaban J connectivity index is 0.00000273. The first-order valence-electron chi connectivity index (χ1n) is 20.7. The van der Waals surface area contributed by atoms with Crippen molar-refractivity contribution < 1.29 is 79.0 Å². The Kier molecular flexibility index (Phi) is 14.0. The number of carboxylic acid groups (broad SMARTS) is 3.